The van der Waals surface area contributed by atoms with Gasteiger partial charge >= 0.3 is 0 Å². The number of nitriles is 1. The second kappa shape index (κ2) is 6.58. The molecular formula is C16H17N3O. The smallest absolute Gasteiger partial charge is 0.269 e. The number of carbonyl (C=O) groups is 1. The van der Waals surface area contributed by atoms with Gasteiger partial charge in [0.15, 0.2) is 0 Å². The Hall–Kier alpha value is -2.54. The molecule has 0 aliphatic carbocycles. The van der Waals surface area contributed by atoms with Gasteiger partial charge in [-0.2, -0.15) is 5.26 Å². The van der Waals surface area contributed by atoms with Gasteiger partial charge in [0.25, 0.3) is 5.91 Å². The molecule has 102 valence electrons. The summed E-state index contributed by atoms with van der Waals surface area (Å²) in [4.78, 5) is 12.3. The van der Waals surface area contributed by atoms with Crippen LogP contribution in [-0.2, 0) is 0 Å². The number of rotatable bonds is 5. The number of carbonyl (C=O) groups excluding carboxylic acids is 1. The summed E-state index contributed by atoms with van der Waals surface area (Å²) in [6.07, 6.45) is 3.70. The van der Waals surface area contributed by atoms with E-state index in [4.69, 9.17) is 5.26 Å². The summed E-state index contributed by atoms with van der Waals surface area (Å²) in [5.74, 6) is -0.205. The largest absolute Gasteiger partial charge is 0.351 e. The molecule has 0 aliphatic heterocycles. The molecule has 1 heterocycles. The third-order valence-corrected chi connectivity index (χ3v) is 3.07. The number of hydrogen-bond donors (Lipinski definition) is 1. The Kier molecular flexibility index (Phi) is 4.56. The predicted molar refractivity (Wildman–Crippen MR) is 77.7 cm³/mol. The summed E-state index contributed by atoms with van der Waals surface area (Å²) in [7, 11) is 0. The molecule has 1 N–H and O–H groups in total. The first-order chi connectivity index (χ1) is 9.77. The average Bonchev–Trinajstić information content (AvgIpc) is 2.92. The number of aromatic nitrogens is 1. The van der Waals surface area contributed by atoms with Gasteiger partial charge in [-0.15, -0.1) is 0 Å². The first kappa shape index (κ1) is 13.9. The van der Waals surface area contributed by atoms with Gasteiger partial charge in [0, 0.05) is 18.4 Å². The summed E-state index contributed by atoms with van der Waals surface area (Å²) in [6, 6.07) is 13.3. The molecule has 4 heteroatoms. The highest BCUT2D eigenvalue weighted by molar-refractivity contribution is 5.95. The molecule has 0 saturated carbocycles. The fourth-order valence-electron chi connectivity index (χ4n) is 2.02. The Morgan fingerprint density at radius 1 is 1.30 bits per heavy atom. The maximum absolute atomic E-state index is 12.3. The van der Waals surface area contributed by atoms with E-state index < -0.39 is 0 Å². The van der Waals surface area contributed by atoms with Crippen molar-refractivity contribution < 1.29 is 4.79 Å². The molecule has 20 heavy (non-hydrogen) atoms. The number of nitrogens with zero attached hydrogens (tertiary/aromatic N) is 2. The van der Waals surface area contributed by atoms with E-state index in [9.17, 15) is 4.79 Å². The molecular weight excluding hydrogens is 250 g/mol. The van der Waals surface area contributed by atoms with Crippen LogP contribution in [0.3, 0.4) is 0 Å². The second-order valence-corrected chi connectivity index (χ2v) is 4.50. The van der Waals surface area contributed by atoms with Crippen LogP contribution < -0.4 is 5.32 Å². The molecule has 0 saturated heterocycles. The van der Waals surface area contributed by atoms with Crippen LogP contribution in [0, 0.1) is 11.3 Å². The van der Waals surface area contributed by atoms with Crippen molar-refractivity contribution in [3.8, 4) is 11.8 Å². The zero-order valence-corrected chi connectivity index (χ0v) is 11.5. The van der Waals surface area contributed by atoms with Crippen LogP contribution in [0.1, 0.15) is 35.8 Å². The molecule has 0 atom stereocenters. The molecule has 1 amide bonds. The van der Waals surface area contributed by atoms with E-state index in [1.54, 1.807) is 16.8 Å². The van der Waals surface area contributed by atoms with E-state index in [1.165, 1.54) is 0 Å². The van der Waals surface area contributed by atoms with E-state index >= 15 is 0 Å². The molecule has 0 unspecified atom stereocenters. The highest BCUT2D eigenvalue weighted by atomic mass is 16.1. The van der Waals surface area contributed by atoms with Crippen molar-refractivity contribution in [3.05, 3.63) is 53.9 Å². The summed E-state index contributed by atoms with van der Waals surface area (Å²) in [5, 5.41) is 12.0. The maximum Gasteiger partial charge on any atom is 0.269 e. The Morgan fingerprint density at radius 2 is 2.05 bits per heavy atom. The van der Waals surface area contributed by atoms with E-state index in [-0.39, 0.29) is 5.91 Å². The van der Waals surface area contributed by atoms with Gasteiger partial charge in [0.05, 0.1) is 5.56 Å². The van der Waals surface area contributed by atoms with Gasteiger partial charge in [-0.3, -0.25) is 4.79 Å². The lowest BCUT2D eigenvalue weighted by Crippen LogP contribution is -2.27. The van der Waals surface area contributed by atoms with Crippen molar-refractivity contribution in [2.75, 3.05) is 6.54 Å². The lowest BCUT2D eigenvalue weighted by atomic mass is 10.2. The Labute approximate surface area is 118 Å². The number of nitrogens with one attached hydrogen (secondary N) is 1. The average molecular weight is 267 g/mol. The number of unbranched alkanes of at least 4 members (excludes halogenated alkanes) is 1. The minimum atomic E-state index is -0.205. The standard InChI is InChI=1S/C16H17N3O/c1-2-3-10-18-16(20)15-13(12-17)9-11-19(15)14-7-5-4-6-8-14/h4-9,11H,2-3,10H2,1H3,(H,18,20). The highest BCUT2D eigenvalue weighted by Crippen LogP contribution is 2.16. The van der Waals surface area contributed by atoms with E-state index in [0.29, 0.717) is 17.8 Å². The Morgan fingerprint density at radius 3 is 2.70 bits per heavy atom. The van der Waals surface area contributed by atoms with Crippen LogP contribution in [0.15, 0.2) is 42.6 Å². The van der Waals surface area contributed by atoms with Gasteiger partial charge in [0.2, 0.25) is 0 Å². The molecule has 2 aromatic rings. The number of amides is 1. The molecule has 2 rings (SSSR count). The molecule has 1 aromatic carbocycles. The second-order valence-electron chi connectivity index (χ2n) is 4.50. The van der Waals surface area contributed by atoms with E-state index in [1.807, 2.05) is 30.3 Å². The van der Waals surface area contributed by atoms with Crippen LogP contribution in [0.5, 0.6) is 0 Å². The first-order valence-electron chi connectivity index (χ1n) is 6.73. The molecule has 0 spiro atoms. The fourth-order valence-corrected chi connectivity index (χ4v) is 2.02. The molecule has 0 fully saturated rings. The lowest BCUT2D eigenvalue weighted by Gasteiger charge is -2.10. The third-order valence-electron chi connectivity index (χ3n) is 3.07. The van der Waals surface area contributed by atoms with Crippen molar-refractivity contribution in [1.29, 1.82) is 5.26 Å². The van der Waals surface area contributed by atoms with Crippen LogP contribution in [0.25, 0.3) is 5.69 Å². The summed E-state index contributed by atoms with van der Waals surface area (Å²) < 4.78 is 1.75. The van der Waals surface area contributed by atoms with Crippen LogP contribution >= 0.6 is 0 Å². The normalized spacial score (nSPS) is 10.0. The summed E-state index contributed by atoms with van der Waals surface area (Å²) >= 11 is 0. The van der Waals surface area contributed by atoms with E-state index in [0.717, 1.165) is 18.5 Å². The summed E-state index contributed by atoms with van der Waals surface area (Å²) in [6.45, 7) is 2.69. The molecule has 1 aromatic heterocycles. The quantitative estimate of drug-likeness (QED) is 0.847. The fraction of sp³-hybridized carbons (Fsp3) is 0.250. The van der Waals surface area contributed by atoms with Gasteiger partial charge < -0.3 is 9.88 Å². The topological polar surface area (TPSA) is 57.8 Å². The minimum Gasteiger partial charge on any atom is -0.351 e. The molecule has 0 aliphatic rings. The highest BCUT2D eigenvalue weighted by Gasteiger charge is 2.17. The number of hydrogen-bond acceptors (Lipinski definition) is 2. The van der Waals surface area contributed by atoms with Crippen molar-refractivity contribution in [1.82, 2.24) is 9.88 Å². The Balaban J connectivity index is 2.33. The predicted octanol–water partition coefficient (Wildman–Crippen LogP) is 2.88. The molecule has 4 nitrogen and oxygen atoms in total. The van der Waals surface area contributed by atoms with Gasteiger partial charge in [-0.1, -0.05) is 31.5 Å². The lowest BCUT2D eigenvalue weighted by molar-refractivity contribution is 0.0946. The van der Waals surface area contributed by atoms with Crippen molar-refractivity contribution in [2.24, 2.45) is 0 Å². The monoisotopic (exact) mass is 267 g/mol. The van der Waals surface area contributed by atoms with Crippen molar-refractivity contribution in [3.63, 3.8) is 0 Å². The zero-order valence-electron chi connectivity index (χ0n) is 11.5. The van der Waals surface area contributed by atoms with E-state index in [2.05, 4.69) is 18.3 Å². The van der Waals surface area contributed by atoms with Gasteiger partial charge in [-0.25, -0.2) is 0 Å². The van der Waals surface area contributed by atoms with Crippen LogP contribution in [-0.4, -0.2) is 17.0 Å². The van der Waals surface area contributed by atoms with Crippen molar-refractivity contribution >= 4 is 5.91 Å². The summed E-state index contributed by atoms with van der Waals surface area (Å²) in [5.41, 5.74) is 1.66. The third kappa shape index (κ3) is 2.89. The minimum absolute atomic E-state index is 0.205. The number of benzene rings is 1. The first-order valence-corrected chi connectivity index (χ1v) is 6.73. The molecule has 0 radical (unpaired) electrons. The van der Waals surface area contributed by atoms with Gasteiger partial charge in [-0.05, 0) is 24.6 Å². The number of para-hydroxylation sites is 1. The Bertz CT molecular complexity index is 623. The van der Waals surface area contributed by atoms with Crippen LogP contribution in [0.4, 0.5) is 0 Å². The maximum atomic E-state index is 12.3. The van der Waals surface area contributed by atoms with Crippen LogP contribution in [0.2, 0.25) is 0 Å². The van der Waals surface area contributed by atoms with Crippen molar-refractivity contribution in [2.45, 2.75) is 19.8 Å². The SMILES string of the molecule is CCCCNC(=O)c1c(C#N)ccn1-c1ccccc1. The van der Waals surface area contributed by atoms with Gasteiger partial charge in [0.1, 0.15) is 11.8 Å². The molecule has 0 bridgehead atoms. The zero-order chi connectivity index (χ0) is 14.4.